The van der Waals surface area contributed by atoms with Gasteiger partial charge in [-0.3, -0.25) is 4.79 Å². The Morgan fingerprint density at radius 3 is 3.00 bits per heavy atom. The molecular weight excluding hydrogens is 204 g/mol. The Kier molecular flexibility index (Phi) is 2.64. The van der Waals surface area contributed by atoms with Crippen LogP contribution >= 0.6 is 0 Å². The number of hydrogen-bond acceptors (Lipinski definition) is 2. The fraction of sp³-hybridized carbons (Fsp3) is 0.333. The summed E-state index contributed by atoms with van der Waals surface area (Å²) in [6.07, 6.45) is 2.40. The van der Waals surface area contributed by atoms with Gasteiger partial charge in [0.2, 0.25) is 0 Å². The van der Waals surface area contributed by atoms with E-state index in [1.54, 1.807) is 11.4 Å². The number of aryl methyl sites for hydroxylation is 1. The summed E-state index contributed by atoms with van der Waals surface area (Å²) >= 11 is 0. The molecule has 0 bridgehead atoms. The van der Waals surface area contributed by atoms with Crippen molar-refractivity contribution in [3.05, 3.63) is 35.7 Å². The topological polar surface area (TPSA) is 54.6 Å². The van der Waals surface area contributed by atoms with E-state index >= 15 is 0 Å². The second-order valence-electron chi connectivity index (χ2n) is 4.15. The smallest absolute Gasteiger partial charge is 0.306 e. The molecule has 84 valence electrons. The van der Waals surface area contributed by atoms with E-state index in [1.807, 2.05) is 31.3 Å². The average Bonchev–Trinajstić information content (AvgIpc) is 2.58. The van der Waals surface area contributed by atoms with Gasteiger partial charge in [-0.05, 0) is 24.6 Å². The standard InChI is InChI=1S/C12H14N2O2/c1-8-3-4-11-6-10(13-14(11)7-8)5-9(2)12(15)16/h3-4,6-7,9H,5H2,1-2H3,(H,15,16). The zero-order valence-corrected chi connectivity index (χ0v) is 9.34. The number of nitrogens with zero attached hydrogens (tertiary/aromatic N) is 2. The summed E-state index contributed by atoms with van der Waals surface area (Å²) in [5.41, 5.74) is 2.95. The highest BCUT2D eigenvalue weighted by Gasteiger charge is 2.13. The van der Waals surface area contributed by atoms with E-state index in [1.165, 1.54) is 0 Å². The molecule has 0 aliphatic heterocycles. The molecule has 0 aliphatic rings. The highest BCUT2D eigenvalue weighted by Crippen LogP contribution is 2.12. The van der Waals surface area contributed by atoms with Crippen molar-refractivity contribution in [3.63, 3.8) is 0 Å². The normalized spacial score (nSPS) is 12.9. The first-order valence-electron chi connectivity index (χ1n) is 5.24. The van der Waals surface area contributed by atoms with Crippen LogP contribution in [0.2, 0.25) is 0 Å². The molecule has 2 aromatic rings. The van der Waals surface area contributed by atoms with E-state index < -0.39 is 11.9 Å². The lowest BCUT2D eigenvalue weighted by Gasteiger charge is -2.01. The zero-order valence-electron chi connectivity index (χ0n) is 9.34. The predicted molar refractivity (Wildman–Crippen MR) is 60.4 cm³/mol. The van der Waals surface area contributed by atoms with Crippen LogP contribution in [0.1, 0.15) is 18.2 Å². The highest BCUT2D eigenvalue weighted by molar-refractivity contribution is 5.69. The van der Waals surface area contributed by atoms with Crippen molar-refractivity contribution in [3.8, 4) is 0 Å². The number of carbonyl (C=O) groups is 1. The summed E-state index contributed by atoms with van der Waals surface area (Å²) in [6, 6.07) is 5.93. The van der Waals surface area contributed by atoms with Crippen LogP contribution in [0.5, 0.6) is 0 Å². The van der Waals surface area contributed by atoms with Crippen molar-refractivity contribution in [1.29, 1.82) is 0 Å². The van der Waals surface area contributed by atoms with E-state index in [-0.39, 0.29) is 0 Å². The van der Waals surface area contributed by atoms with Crippen molar-refractivity contribution in [2.75, 3.05) is 0 Å². The number of pyridine rings is 1. The maximum absolute atomic E-state index is 10.7. The zero-order chi connectivity index (χ0) is 11.7. The van der Waals surface area contributed by atoms with E-state index in [0.717, 1.165) is 16.8 Å². The first kappa shape index (κ1) is 10.7. The molecule has 2 aromatic heterocycles. The summed E-state index contributed by atoms with van der Waals surface area (Å²) in [5.74, 6) is -1.18. The molecular formula is C12H14N2O2. The predicted octanol–water partition coefficient (Wildman–Crippen LogP) is 1.91. The lowest BCUT2D eigenvalue weighted by Crippen LogP contribution is -2.12. The largest absolute Gasteiger partial charge is 0.481 e. The van der Waals surface area contributed by atoms with Crippen LogP contribution in [0, 0.1) is 12.8 Å². The fourth-order valence-corrected chi connectivity index (χ4v) is 1.64. The monoisotopic (exact) mass is 218 g/mol. The highest BCUT2D eigenvalue weighted by atomic mass is 16.4. The van der Waals surface area contributed by atoms with Crippen LogP contribution in [0.25, 0.3) is 5.52 Å². The molecule has 4 nitrogen and oxygen atoms in total. The third kappa shape index (κ3) is 2.05. The van der Waals surface area contributed by atoms with E-state index in [4.69, 9.17) is 5.11 Å². The van der Waals surface area contributed by atoms with Gasteiger partial charge in [0.05, 0.1) is 17.1 Å². The Labute approximate surface area is 93.5 Å². The number of aromatic nitrogens is 2. The van der Waals surface area contributed by atoms with Gasteiger partial charge in [0.1, 0.15) is 0 Å². The van der Waals surface area contributed by atoms with Gasteiger partial charge in [-0.1, -0.05) is 13.0 Å². The average molecular weight is 218 g/mol. The summed E-state index contributed by atoms with van der Waals surface area (Å²) in [6.45, 7) is 3.69. The van der Waals surface area contributed by atoms with Gasteiger partial charge in [0.15, 0.2) is 0 Å². The van der Waals surface area contributed by atoms with Crippen molar-refractivity contribution >= 4 is 11.5 Å². The molecule has 0 saturated heterocycles. The Morgan fingerprint density at radius 2 is 2.31 bits per heavy atom. The Bertz CT molecular complexity index is 531. The van der Waals surface area contributed by atoms with E-state index in [2.05, 4.69) is 5.10 Å². The lowest BCUT2D eigenvalue weighted by molar-refractivity contribution is -0.141. The van der Waals surface area contributed by atoms with Crippen molar-refractivity contribution < 1.29 is 9.90 Å². The molecule has 2 rings (SSSR count). The number of rotatable bonds is 3. The molecule has 1 N–H and O–H groups in total. The maximum atomic E-state index is 10.7. The molecule has 0 radical (unpaired) electrons. The first-order valence-corrected chi connectivity index (χ1v) is 5.24. The molecule has 0 aromatic carbocycles. The molecule has 2 heterocycles. The molecule has 0 aliphatic carbocycles. The van der Waals surface area contributed by atoms with Gasteiger partial charge < -0.3 is 5.11 Å². The molecule has 16 heavy (non-hydrogen) atoms. The van der Waals surface area contributed by atoms with Crippen molar-refractivity contribution in [2.24, 2.45) is 5.92 Å². The number of hydrogen-bond donors (Lipinski definition) is 1. The van der Waals surface area contributed by atoms with Gasteiger partial charge in [0, 0.05) is 12.6 Å². The van der Waals surface area contributed by atoms with Gasteiger partial charge in [-0.15, -0.1) is 0 Å². The summed E-state index contributed by atoms with van der Waals surface area (Å²) in [4.78, 5) is 10.7. The summed E-state index contributed by atoms with van der Waals surface area (Å²) in [5, 5.41) is 13.2. The number of aliphatic carboxylic acids is 1. The second-order valence-corrected chi connectivity index (χ2v) is 4.15. The van der Waals surface area contributed by atoms with Crippen LogP contribution in [0.4, 0.5) is 0 Å². The SMILES string of the molecule is Cc1ccc2cc(CC(C)C(=O)O)nn2c1. The molecule has 0 spiro atoms. The second kappa shape index (κ2) is 3.96. The quantitative estimate of drug-likeness (QED) is 0.856. The number of carboxylic acids is 1. The molecule has 4 heteroatoms. The summed E-state index contributed by atoms with van der Waals surface area (Å²) in [7, 11) is 0. The maximum Gasteiger partial charge on any atom is 0.306 e. The van der Waals surface area contributed by atoms with Crippen molar-refractivity contribution in [2.45, 2.75) is 20.3 Å². The van der Waals surface area contributed by atoms with Crippen LogP contribution in [0.3, 0.4) is 0 Å². The third-order valence-electron chi connectivity index (χ3n) is 2.60. The Balaban J connectivity index is 2.29. The molecule has 0 fully saturated rings. The van der Waals surface area contributed by atoms with Crippen LogP contribution < -0.4 is 0 Å². The molecule has 1 atom stereocenters. The minimum Gasteiger partial charge on any atom is -0.481 e. The Morgan fingerprint density at radius 1 is 1.56 bits per heavy atom. The van der Waals surface area contributed by atoms with Gasteiger partial charge in [0.25, 0.3) is 0 Å². The van der Waals surface area contributed by atoms with Crippen LogP contribution in [0.15, 0.2) is 24.4 Å². The van der Waals surface area contributed by atoms with Crippen molar-refractivity contribution in [1.82, 2.24) is 9.61 Å². The fourth-order valence-electron chi connectivity index (χ4n) is 1.64. The minimum absolute atomic E-state index is 0.397. The molecule has 1 unspecified atom stereocenters. The van der Waals surface area contributed by atoms with E-state index in [9.17, 15) is 4.79 Å². The molecule has 0 amide bonds. The number of carboxylic acid groups (broad SMARTS) is 1. The van der Waals surface area contributed by atoms with Crippen LogP contribution in [-0.2, 0) is 11.2 Å². The minimum atomic E-state index is -0.784. The van der Waals surface area contributed by atoms with Gasteiger partial charge in [-0.2, -0.15) is 5.10 Å². The van der Waals surface area contributed by atoms with E-state index in [0.29, 0.717) is 6.42 Å². The van der Waals surface area contributed by atoms with Gasteiger partial charge in [-0.25, -0.2) is 4.52 Å². The first-order chi connectivity index (χ1) is 7.56. The van der Waals surface area contributed by atoms with Crippen LogP contribution in [-0.4, -0.2) is 20.7 Å². The number of fused-ring (bicyclic) bond motifs is 1. The Hall–Kier alpha value is -1.84. The summed E-state index contributed by atoms with van der Waals surface area (Å²) < 4.78 is 1.79. The molecule has 0 saturated carbocycles. The third-order valence-corrected chi connectivity index (χ3v) is 2.60. The lowest BCUT2D eigenvalue weighted by atomic mass is 10.1. The van der Waals surface area contributed by atoms with Gasteiger partial charge >= 0.3 is 5.97 Å².